The van der Waals surface area contributed by atoms with E-state index >= 15 is 0 Å². The summed E-state index contributed by atoms with van der Waals surface area (Å²) in [6.07, 6.45) is 0. The third kappa shape index (κ3) is 6.43. The molecular weight excluding hydrogens is 605 g/mol. The van der Waals surface area contributed by atoms with Crippen molar-refractivity contribution in [2.75, 3.05) is 9.80 Å². The molecule has 0 unspecified atom stereocenters. The molecule has 0 heterocycles. The molecule has 0 saturated carbocycles. The van der Waals surface area contributed by atoms with Crippen molar-refractivity contribution in [2.45, 2.75) is 0 Å². The molecule has 0 aliphatic heterocycles. The second kappa shape index (κ2) is 14.2. The lowest BCUT2D eigenvalue weighted by molar-refractivity contribution is 1.28. The smallest absolute Gasteiger partial charge is 0.0462 e. The fraction of sp³-hybridized carbons (Fsp3) is 0. The summed E-state index contributed by atoms with van der Waals surface area (Å²) in [6.45, 7) is 0. The number of rotatable bonds is 9. The highest BCUT2D eigenvalue weighted by molar-refractivity contribution is 5.89. The van der Waals surface area contributed by atoms with Crippen LogP contribution in [-0.2, 0) is 0 Å². The summed E-state index contributed by atoms with van der Waals surface area (Å²) < 4.78 is 0. The molecule has 0 radical (unpaired) electrons. The Morgan fingerprint density at radius 1 is 0.200 bits per heavy atom. The number of benzene rings is 8. The molecule has 8 aromatic carbocycles. The van der Waals surface area contributed by atoms with Gasteiger partial charge in [-0.3, -0.25) is 0 Å². The number of hydrogen-bond donors (Lipinski definition) is 0. The molecule has 0 N–H and O–H groups in total. The molecule has 0 atom stereocenters. The molecule has 8 aromatic rings. The van der Waals surface area contributed by atoms with E-state index in [9.17, 15) is 0 Å². The molecule has 2 nitrogen and oxygen atoms in total. The Morgan fingerprint density at radius 3 is 0.880 bits per heavy atom. The van der Waals surface area contributed by atoms with E-state index in [0.29, 0.717) is 0 Å². The zero-order valence-corrected chi connectivity index (χ0v) is 27.7. The van der Waals surface area contributed by atoms with Crippen molar-refractivity contribution in [3.8, 4) is 33.4 Å². The Morgan fingerprint density at radius 2 is 0.500 bits per heavy atom. The summed E-state index contributed by atoms with van der Waals surface area (Å²) in [7, 11) is 0. The van der Waals surface area contributed by atoms with Crippen molar-refractivity contribution in [2.24, 2.45) is 0 Å². The maximum absolute atomic E-state index is 2.33. The summed E-state index contributed by atoms with van der Waals surface area (Å²) in [4.78, 5) is 4.60. The van der Waals surface area contributed by atoms with Crippen LogP contribution in [0.1, 0.15) is 0 Å². The minimum atomic E-state index is 1.11. The fourth-order valence-electron chi connectivity index (χ4n) is 6.63. The number of nitrogens with zero attached hydrogens (tertiary/aromatic N) is 2. The molecule has 0 saturated heterocycles. The van der Waals surface area contributed by atoms with Gasteiger partial charge < -0.3 is 9.80 Å². The Kier molecular flexibility index (Phi) is 8.73. The molecule has 50 heavy (non-hydrogen) atoms. The fourth-order valence-corrected chi connectivity index (χ4v) is 6.63. The predicted octanol–water partition coefficient (Wildman–Crippen LogP) is 13.6. The monoisotopic (exact) mass is 640 g/mol. The topological polar surface area (TPSA) is 6.48 Å². The minimum Gasteiger partial charge on any atom is -0.311 e. The normalized spacial score (nSPS) is 10.8. The summed E-state index contributed by atoms with van der Waals surface area (Å²) >= 11 is 0. The summed E-state index contributed by atoms with van der Waals surface area (Å²) in [5, 5.41) is 0. The largest absolute Gasteiger partial charge is 0.311 e. The van der Waals surface area contributed by atoms with Crippen LogP contribution >= 0.6 is 0 Å². The highest BCUT2D eigenvalue weighted by Gasteiger charge is 2.16. The van der Waals surface area contributed by atoms with Crippen LogP contribution in [0.3, 0.4) is 0 Å². The molecule has 238 valence electrons. The van der Waals surface area contributed by atoms with Crippen LogP contribution in [0.25, 0.3) is 33.4 Å². The van der Waals surface area contributed by atoms with Crippen molar-refractivity contribution in [1.29, 1.82) is 0 Å². The van der Waals surface area contributed by atoms with E-state index in [0.717, 1.165) is 34.1 Å². The lowest BCUT2D eigenvalue weighted by Gasteiger charge is -2.26. The van der Waals surface area contributed by atoms with Gasteiger partial charge in [-0.1, -0.05) is 140 Å². The van der Waals surface area contributed by atoms with Gasteiger partial charge in [0.1, 0.15) is 0 Å². The molecule has 0 amide bonds. The molecule has 0 bridgehead atoms. The van der Waals surface area contributed by atoms with Crippen molar-refractivity contribution in [1.82, 2.24) is 0 Å². The van der Waals surface area contributed by atoms with Crippen molar-refractivity contribution in [3.63, 3.8) is 0 Å². The highest BCUT2D eigenvalue weighted by atomic mass is 15.1. The van der Waals surface area contributed by atoms with E-state index in [1.165, 1.54) is 33.4 Å². The second-order valence-corrected chi connectivity index (χ2v) is 12.2. The van der Waals surface area contributed by atoms with Gasteiger partial charge >= 0.3 is 0 Å². The first-order valence-electron chi connectivity index (χ1n) is 17.0. The standard InChI is InChI=1S/C48H36N2/c1-6-16-37(17-7-1)40-30-35-47(38-26-31-45(32-27-38)49(41-18-8-2-9-19-41)42-20-10-3-11-21-42)48(36-40)39-28-33-46(34-29-39)50(43-22-12-4-13-23-43)44-24-14-5-15-25-44/h1-36H. The maximum atomic E-state index is 2.33. The average molecular weight is 641 g/mol. The quantitative estimate of drug-likeness (QED) is 0.155. The number of hydrogen-bond acceptors (Lipinski definition) is 2. The Balaban J connectivity index is 1.20. The van der Waals surface area contributed by atoms with E-state index in [-0.39, 0.29) is 0 Å². The van der Waals surface area contributed by atoms with Gasteiger partial charge in [-0.15, -0.1) is 0 Å². The Bertz CT molecular complexity index is 2190. The van der Waals surface area contributed by atoms with E-state index < -0.39 is 0 Å². The van der Waals surface area contributed by atoms with Gasteiger partial charge in [-0.25, -0.2) is 0 Å². The minimum absolute atomic E-state index is 1.11. The predicted molar refractivity (Wildman–Crippen MR) is 212 cm³/mol. The van der Waals surface area contributed by atoms with Crippen LogP contribution < -0.4 is 9.80 Å². The molecular formula is C48H36N2. The molecule has 2 heteroatoms. The van der Waals surface area contributed by atoms with E-state index in [1.807, 2.05) is 0 Å². The van der Waals surface area contributed by atoms with Crippen molar-refractivity contribution < 1.29 is 0 Å². The van der Waals surface area contributed by atoms with Gasteiger partial charge in [0.2, 0.25) is 0 Å². The van der Waals surface area contributed by atoms with E-state index in [2.05, 4.69) is 228 Å². The van der Waals surface area contributed by atoms with Crippen LogP contribution in [0.4, 0.5) is 34.1 Å². The van der Waals surface area contributed by atoms with Gasteiger partial charge in [0.25, 0.3) is 0 Å². The summed E-state index contributed by atoms with van der Waals surface area (Å²) in [5.74, 6) is 0. The SMILES string of the molecule is c1ccc(-c2ccc(-c3ccc(N(c4ccccc4)c4ccccc4)cc3)c(-c3ccc(N(c4ccccc4)c4ccccc4)cc3)c2)cc1. The first-order valence-corrected chi connectivity index (χ1v) is 17.0. The lowest BCUT2D eigenvalue weighted by Crippen LogP contribution is -2.09. The van der Waals surface area contributed by atoms with Gasteiger partial charge in [-0.05, 0) is 112 Å². The third-order valence-electron chi connectivity index (χ3n) is 9.06. The van der Waals surface area contributed by atoms with Crippen LogP contribution in [-0.4, -0.2) is 0 Å². The zero-order chi connectivity index (χ0) is 33.5. The van der Waals surface area contributed by atoms with Crippen LogP contribution in [0.15, 0.2) is 218 Å². The van der Waals surface area contributed by atoms with Crippen molar-refractivity contribution in [3.05, 3.63) is 218 Å². The first-order chi connectivity index (χ1) is 24.8. The summed E-state index contributed by atoms with van der Waals surface area (Å²) in [5.41, 5.74) is 13.8. The highest BCUT2D eigenvalue weighted by Crippen LogP contribution is 2.41. The van der Waals surface area contributed by atoms with Crippen LogP contribution in [0.5, 0.6) is 0 Å². The lowest BCUT2D eigenvalue weighted by atomic mass is 9.91. The van der Waals surface area contributed by atoms with E-state index in [1.54, 1.807) is 0 Å². The van der Waals surface area contributed by atoms with Crippen LogP contribution in [0, 0.1) is 0 Å². The molecule has 0 spiro atoms. The zero-order valence-electron chi connectivity index (χ0n) is 27.7. The number of para-hydroxylation sites is 4. The first kappa shape index (κ1) is 30.7. The molecule has 0 fully saturated rings. The van der Waals surface area contributed by atoms with Gasteiger partial charge in [-0.2, -0.15) is 0 Å². The summed E-state index contributed by atoms with van der Waals surface area (Å²) in [6, 6.07) is 77.6. The Labute approximate surface area is 294 Å². The van der Waals surface area contributed by atoms with E-state index in [4.69, 9.17) is 0 Å². The van der Waals surface area contributed by atoms with Crippen LogP contribution in [0.2, 0.25) is 0 Å². The average Bonchev–Trinajstić information content (AvgIpc) is 3.20. The molecule has 0 aliphatic carbocycles. The molecule has 0 aromatic heterocycles. The van der Waals surface area contributed by atoms with Gasteiger partial charge in [0.15, 0.2) is 0 Å². The Hall–Kier alpha value is -6.64. The maximum Gasteiger partial charge on any atom is 0.0462 e. The van der Waals surface area contributed by atoms with Crippen molar-refractivity contribution >= 4 is 34.1 Å². The molecule has 0 aliphatic rings. The number of anilines is 6. The third-order valence-corrected chi connectivity index (χ3v) is 9.06. The second-order valence-electron chi connectivity index (χ2n) is 12.2. The van der Waals surface area contributed by atoms with Gasteiger partial charge in [0, 0.05) is 34.1 Å². The van der Waals surface area contributed by atoms with Gasteiger partial charge in [0.05, 0.1) is 0 Å². The molecule has 8 rings (SSSR count).